The smallest absolute Gasteiger partial charge is 0.273 e. The lowest BCUT2D eigenvalue weighted by atomic mass is 10.1. The number of hydrogen-bond donors (Lipinski definition) is 1. The van der Waals surface area contributed by atoms with Gasteiger partial charge in [-0.2, -0.15) is 0 Å². The van der Waals surface area contributed by atoms with Crippen molar-refractivity contribution in [3.05, 3.63) is 33.9 Å². The summed E-state index contributed by atoms with van der Waals surface area (Å²) < 4.78 is 22.8. The van der Waals surface area contributed by atoms with Crippen molar-refractivity contribution in [2.45, 2.75) is 31.2 Å². The second-order valence-electron chi connectivity index (χ2n) is 4.48. The number of sulfone groups is 1. The van der Waals surface area contributed by atoms with Crippen molar-refractivity contribution in [3.63, 3.8) is 0 Å². The third-order valence-corrected chi connectivity index (χ3v) is 3.87. The number of nitro benzene ring substituents is 1. The molecule has 7 heteroatoms. The van der Waals surface area contributed by atoms with Crippen LogP contribution in [0.5, 0.6) is 0 Å². The van der Waals surface area contributed by atoms with Crippen LogP contribution in [0.25, 0.3) is 0 Å². The molecular formula is C12H18N2O4S. The van der Waals surface area contributed by atoms with Gasteiger partial charge in [0, 0.05) is 23.9 Å². The predicted molar refractivity (Wildman–Crippen MR) is 73.0 cm³/mol. The SMILES string of the molecule is CCNC(C)Cc1ccc(S(C)(=O)=O)cc1[N+](=O)[O-]. The molecule has 1 aromatic carbocycles. The van der Waals surface area contributed by atoms with Gasteiger partial charge in [0.1, 0.15) is 0 Å². The Bertz CT molecular complexity index is 569. The molecule has 1 aromatic rings. The summed E-state index contributed by atoms with van der Waals surface area (Å²) in [5.41, 5.74) is 0.388. The first kappa shape index (κ1) is 15.6. The van der Waals surface area contributed by atoms with Crippen LogP contribution >= 0.6 is 0 Å². The van der Waals surface area contributed by atoms with Crippen molar-refractivity contribution in [2.24, 2.45) is 0 Å². The zero-order valence-electron chi connectivity index (χ0n) is 11.2. The molecule has 19 heavy (non-hydrogen) atoms. The van der Waals surface area contributed by atoms with E-state index in [1.165, 1.54) is 12.1 Å². The van der Waals surface area contributed by atoms with E-state index >= 15 is 0 Å². The molecule has 1 N–H and O–H groups in total. The van der Waals surface area contributed by atoms with E-state index in [0.29, 0.717) is 12.0 Å². The minimum absolute atomic E-state index is 0.0287. The zero-order valence-corrected chi connectivity index (χ0v) is 12.0. The lowest BCUT2D eigenvalue weighted by molar-refractivity contribution is -0.385. The van der Waals surface area contributed by atoms with Crippen LogP contribution < -0.4 is 5.32 Å². The first-order chi connectivity index (χ1) is 8.75. The number of likely N-dealkylation sites (N-methyl/N-ethyl adjacent to an activating group) is 1. The summed E-state index contributed by atoms with van der Waals surface area (Å²) in [6.45, 7) is 4.66. The second kappa shape index (κ2) is 6.12. The van der Waals surface area contributed by atoms with Crippen LogP contribution in [0, 0.1) is 10.1 Å². The molecule has 0 fully saturated rings. The monoisotopic (exact) mass is 286 g/mol. The first-order valence-electron chi connectivity index (χ1n) is 5.96. The van der Waals surface area contributed by atoms with Crippen molar-refractivity contribution in [2.75, 3.05) is 12.8 Å². The third kappa shape index (κ3) is 4.29. The van der Waals surface area contributed by atoms with E-state index in [1.54, 1.807) is 0 Å². The van der Waals surface area contributed by atoms with Crippen LogP contribution in [0.2, 0.25) is 0 Å². The minimum atomic E-state index is -3.43. The van der Waals surface area contributed by atoms with Crippen molar-refractivity contribution >= 4 is 15.5 Å². The highest BCUT2D eigenvalue weighted by Crippen LogP contribution is 2.24. The Morgan fingerprint density at radius 2 is 2.05 bits per heavy atom. The van der Waals surface area contributed by atoms with Gasteiger partial charge in [-0.05, 0) is 26.0 Å². The number of nitrogens with zero attached hydrogens (tertiary/aromatic N) is 1. The summed E-state index contributed by atoms with van der Waals surface area (Å²) in [7, 11) is -3.43. The number of nitro groups is 1. The van der Waals surface area contributed by atoms with E-state index in [4.69, 9.17) is 0 Å². The number of benzene rings is 1. The molecule has 0 aliphatic carbocycles. The van der Waals surface area contributed by atoms with Gasteiger partial charge in [-0.3, -0.25) is 10.1 Å². The number of hydrogen-bond acceptors (Lipinski definition) is 5. The Kier molecular flexibility index (Phi) is 5.02. The third-order valence-electron chi connectivity index (χ3n) is 2.76. The highest BCUT2D eigenvalue weighted by atomic mass is 32.2. The maximum atomic E-state index is 11.4. The summed E-state index contributed by atoms with van der Waals surface area (Å²) in [5.74, 6) is 0. The fraction of sp³-hybridized carbons (Fsp3) is 0.500. The van der Waals surface area contributed by atoms with Crippen LogP contribution in [0.3, 0.4) is 0 Å². The van der Waals surface area contributed by atoms with Gasteiger partial charge < -0.3 is 5.32 Å². The van der Waals surface area contributed by atoms with Crippen molar-refractivity contribution in [1.29, 1.82) is 0 Å². The molecule has 0 spiro atoms. The summed E-state index contributed by atoms with van der Waals surface area (Å²) in [6, 6.07) is 4.15. The second-order valence-corrected chi connectivity index (χ2v) is 6.50. The zero-order chi connectivity index (χ0) is 14.6. The standard InChI is InChI=1S/C12H18N2O4S/c1-4-13-9(2)7-10-5-6-11(19(3,17)18)8-12(10)14(15)16/h5-6,8-9,13H,4,7H2,1-3H3. The largest absolute Gasteiger partial charge is 0.314 e. The van der Waals surface area contributed by atoms with E-state index in [9.17, 15) is 18.5 Å². The predicted octanol–water partition coefficient (Wildman–Crippen LogP) is 1.54. The molecule has 0 saturated carbocycles. The molecule has 106 valence electrons. The Morgan fingerprint density at radius 1 is 1.42 bits per heavy atom. The molecule has 6 nitrogen and oxygen atoms in total. The lowest BCUT2D eigenvalue weighted by Crippen LogP contribution is -2.27. The Morgan fingerprint density at radius 3 is 2.53 bits per heavy atom. The Labute approximate surface area is 112 Å². The quantitative estimate of drug-likeness (QED) is 0.633. The van der Waals surface area contributed by atoms with Gasteiger partial charge in [-0.15, -0.1) is 0 Å². The molecule has 0 amide bonds. The fourth-order valence-corrected chi connectivity index (χ4v) is 2.51. The molecule has 1 unspecified atom stereocenters. The molecule has 1 atom stereocenters. The molecule has 0 aromatic heterocycles. The average molecular weight is 286 g/mol. The lowest BCUT2D eigenvalue weighted by Gasteiger charge is -2.12. The molecule has 0 saturated heterocycles. The highest BCUT2D eigenvalue weighted by molar-refractivity contribution is 7.90. The van der Waals surface area contributed by atoms with Crippen LogP contribution in [0.4, 0.5) is 5.69 Å². The first-order valence-corrected chi connectivity index (χ1v) is 7.85. The van der Waals surface area contributed by atoms with E-state index in [-0.39, 0.29) is 16.6 Å². The normalized spacial score (nSPS) is 13.2. The summed E-state index contributed by atoms with van der Waals surface area (Å²) in [5, 5.41) is 14.2. The summed E-state index contributed by atoms with van der Waals surface area (Å²) in [6.07, 6.45) is 1.52. The molecule has 0 heterocycles. The van der Waals surface area contributed by atoms with Crippen LogP contribution in [-0.2, 0) is 16.3 Å². The van der Waals surface area contributed by atoms with Gasteiger partial charge >= 0.3 is 0 Å². The van der Waals surface area contributed by atoms with Crippen molar-refractivity contribution in [1.82, 2.24) is 5.32 Å². The van der Waals surface area contributed by atoms with Gasteiger partial charge in [-0.25, -0.2) is 8.42 Å². The van der Waals surface area contributed by atoms with E-state index in [0.717, 1.165) is 18.9 Å². The van der Waals surface area contributed by atoms with Gasteiger partial charge in [0.05, 0.1) is 9.82 Å². The molecule has 1 rings (SSSR count). The average Bonchev–Trinajstić information content (AvgIpc) is 2.27. The van der Waals surface area contributed by atoms with Gasteiger partial charge in [0.15, 0.2) is 9.84 Å². The molecular weight excluding hydrogens is 268 g/mol. The number of rotatable bonds is 6. The van der Waals surface area contributed by atoms with Crippen molar-refractivity contribution < 1.29 is 13.3 Å². The van der Waals surface area contributed by atoms with Crippen LogP contribution in [0.1, 0.15) is 19.4 Å². The number of nitrogens with one attached hydrogen (secondary N) is 1. The van der Waals surface area contributed by atoms with E-state index in [1.807, 2.05) is 13.8 Å². The molecule has 0 bridgehead atoms. The van der Waals surface area contributed by atoms with E-state index < -0.39 is 14.8 Å². The fourth-order valence-electron chi connectivity index (χ4n) is 1.87. The molecule has 0 aliphatic rings. The Balaban J connectivity index is 3.16. The van der Waals surface area contributed by atoms with Gasteiger partial charge in [-0.1, -0.05) is 13.0 Å². The van der Waals surface area contributed by atoms with Crippen molar-refractivity contribution in [3.8, 4) is 0 Å². The maximum absolute atomic E-state index is 11.4. The minimum Gasteiger partial charge on any atom is -0.314 e. The van der Waals surface area contributed by atoms with Crippen LogP contribution in [0.15, 0.2) is 23.1 Å². The molecule has 0 radical (unpaired) electrons. The summed E-state index contributed by atoms with van der Waals surface area (Å²) >= 11 is 0. The maximum Gasteiger partial charge on any atom is 0.273 e. The van der Waals surface area contributed by atoms with Gasteiger partial charge in [0.25, 0.3) is 5.69 Å². The topological polar surface area (TPSA) is 89.3 Å². The van der Waals surface area contributed by atoms with E-state index in [2.05, 4.69) is 5.32 Å². The summed E-state index contributed by atoms with van der Waals surface area (Å²) in [4.78, 5) is 10.5. The molecule has 0 aliphatic heterocycles. The Hall–Kier alpha value is -1.47. The van der Waals surface area contributed by atoms with Gasteiger partial charge in [0.2, 0.25) is 0 Å². The van der Waals surface area contributed by atoms with Crippen LogP contribution in [-0.4, -0.2) is 32.2 Å². The highest BCUT2D eigenvalue weighted by Gasteiger charge is 2.19.